The van der Waals surface area contributed by atoms with Gasteiger partial charge < -0.3 is 15.1 Å². The maximum atomic E-state index is 12.8. The van der Waals surface area contributed by atoms with Crippen LogP contribution in [0.5, 0.6) is 0 Å². The number of carbonyl (C=O) groups is 2. The van der Waals surface area contributed by atoms with Crippen LogP contribution in [0.1, 0.15) is 24.5 Å². The summed E-state index contributed by atoms with van der Waals surface area (Å²) in [5, 5.41) is 2.96. The Morgan fingerprint density at radius 1 is 1.00 bits per heavy atom. The quantitative estimate of drug-likeness (QED) is 0.849. The van der Waals surface area contributed by atoms with Gasteiger partial charge in [0.05, 0.1) is 11.8 Å². The van der Waals surface area contributed by atoms with Gasteiger partial charge in [0.2, 0.25) is 11.8 Å². The third kappa shape index (κ3) is 4.44. The molecule has 4 rings (SSSR count). The van der Waals surface area contributed by atoms with E-state index in [9.17, 15) is 9.59 Å². The molecular formula is C24H29N3O2. The van der Waals surface area contributed by atoms with E-state index in [1.54, 1.807) is 0 Å². The summed E-state index contributed by atoms with van der Waals surface area (Å²) >= 11 is 0. The Kier molecular flexibility index (Phi) is 5.56. The van der Waals surface area contributed by atoms with Crippen molar-refractivity contribution in [1.82, 2.24) is 4.90 Å². The van der Waals surface area contributed by atoms with Crippen molar-refractivity contribution in [3.8, 4) is 0 Å². The standard InChI is InChI=1S/C24H29N3O2/c1-3-18-7-9-19(10-8-18)25-23(28)21-16-22(21)24(29)27-13-11-26(12-14-27)20-6-4-5-17(2)15-20/h4-10,15,21-22H,3,11-14,16H2,1-2H3,(H,25,28). The summed E-state index contributed by atoms with van der Waals surface area (Å²) in [5.74, 6) is -0.250. The number of benzene rings is 2. The Morgan fingerprint density at radius 2 is 1.72 bits per heavy atom. The molecule has 5 nitrogen and oxygen atoms in total. The Morgan fingerprint density at radius 3 is 2.38 bits per heavy atom. The highest BCUT2D eigenvalue weighted by atomic mass is 16.2. The zero-order valence-electron chi connectivity index (χ0n) is 17.2. The number of rotatable bonds is 5. The van der Waals surface area contributed by atoms with E-state index in [-0.39, 0.29) is 23.7 Å². The zero-order chi connectivity index (χ0) is 20.4. The highest BCUT2D eigenvalue weighted by Crippen LogP contribution is 2.41. The number of anilines is 2. The van der Waals surface area contributed by atoms with Crippen LogP contribution in [0, 0.1) is 18.8 Å². The highest BCUT2D eigenvalue weighted by Gasteiger charge is 2.49. The van der Waals surface area contributed by atoms with E-state index >= 15 is 0 Å². The molecule has 0 spiro atoms. The van der Waals surface area contributed by atoms with Gasteiger partial charge in [0.15, 0.2) is 0 Å². The summed E-state index contributed by atoms with van der Waals surface area (Å²) in [6.45, 7) is 7.31. The van der Waals surface area contributed by atoms with Crippen LogP contribution in [0.25, 0.3) is 0 Å². The van der Waals surface area contributed by atoms with E-state index in [1.165, 1.54) is 16.8 Å². The Labute approximate surface area is 172 Å². The zero-order valence-corrected chi connectivity index (χ0v) is 17.2. The second-order valence-corrected chi connectivity index (χ2v) is 8.14. The number of piperazine rings is 1. The number of hydrogen-bond acceptors (Lipinski definition) is 3. The summed E-state index contributed by atoms with van der Waals surface area (Å²) in [6.07, 6.45) is 1.64. The number of amides is 2. The van der Waals surface area contributed by atoms with Crippen molar-refractivity contribution in [2.24, 2.45) is 11.8 Å². The Hall–Kier alpha value is -2.82. The monoisotopic (exact) mass is 391 g/mol. The lowest BCUT2D eigenvalue weighted by Crippen LogP contribution is -2.49. The second kappa shape index (κ2) is 8.27. The van der Waals surface area contributed by atoms with Gasteiger partial charge in [0, 0.05) is 37.6 Å². The van der Waals surface area contributed by atoms with Crippen molar-refractivity contribution >= 4 is 23.2 Å². The van der Waals surface area contributed by atoms with E-state index in [2.05, 4.69) is 48.3 Å². The fourth-order valence-corrected chi connectivity index (χ4v) is 4.06. The van der Waals surface area contributed by atoms with E-state index in [4.69, 9.17) is 0 Å². The van der Waals surface area contributed by atoms with Crippen molar-refractivity contribution in [3.05, 3.63) is 59.7 Å². The van der Waals surface area contributed by atoms with Crippen molar-refractivity contribution in [2.75, 3.05) is 36.4 Å². The fourth-order valence-electron chi connectivity index (χ4n) is 4.06. The molecule has 0 bridgehead atoms. The van der Waals surface area contributed by atoms with Crippen LogP contribution < -0.4 is 10.2 Å². The van der Waals surface area contributed by atoms with E-state index in [0.717, 1.165) is 38.3 Å². The molecular weight excluding hydrogens is 362 g/mol. The molecule has 29 heavy (non-hydrogen) atoms. The molecule has 2 aromatic carbocycles. The number of aryl methyl sites for hydroxylation is 2. The molecule has 2 aromatic rings. The molecule has 2 unspecified atom stereocenters. The molecule has 0 aromatic heterocycles. The van der Waals surface area contributed by atoms with Gasteiger partial charge in [-0.05, 0) is 55.2 Å². The first-order valence-electron chi connectivity index (χ1n) is 10.6. The first-order chi connectivity index (χ1) is 14.0. The summed E-state index contributed by atoms with van der Waals surface area (Å²) in [6, 6.07) is 16.4. The first kappa shape index (κ1) is 19.5. The molecule has 2 atom stereocenters. The van der Waals surface area contributed by atoms with Crippen LogP contribution in [-0.2, 0) is 16.0 Å². The topological polar surface area (TPSA) is 52.7 Å². The van der Waals surface area contributed by atoms with E-state index in [0.29, 0.717) is 6.42 Å². The van der Waals surface area contributed by atoms with Gasteiger partial charge in [-0.25, -0.2) is 0 Å². The van der Waals surface area contributed by atoms with E-state index in [1.807, 2.05) is 29.2 Å². The molecule has 2 amide bonds. The normalized spacial score (nSPS) is 21.0. The average Bonchev–Trinajstić information content (AvgIpc) is 3.55. The molecule has 1 saturated heterocycles. The SMILES string of the molecule is CCc1ccc(NC(=O)C2CC2C(=O)N2CCN(c3cccc(C)c3)CC2)cc1. The van der Waals surface area contributed by atoms with Gasteiger partial charge in [0.25, 0.3) is 0 Å². The van der Waals surface area contributed by atoms with Crippen LogP contribution in [-0.4, -0.2) is 42.9 Å². The largest absolute Gasteiger partial charge is 0.368 e. The Bertz CT molecular complexity index is 885. The lowest BCUT2D eigenvalue weighted by atomic mass is 10.1. The van der Waals surface area contributed by atoms with Gasteiger partial charge in [-0.1, -0.05) is 31.2 Å². The molecule has 1 N–H and O–H groups in total. The van der Waals surface area contributed by atoms with Crippen molar-refractivity contribution in [2.45, 2.75) is 26.7 Å². The van der Waals surface area contributed by atoms with Crippen LogP contribution >= 0.6 is 0 Å². The minimum atomic E-state index is -0.192. The third-order valence-corrected chi connectivity index (χ3v) is 6.03. The summed E-state index contributed by atoms with van der Waals surface area (Å²) < 4.78 is 0. The van der Waals surface area contributed by atoms with Crippen molar-refractivity contribution < 1.29 is 9.59 Å². The molecule has 2 fully saturated rings. The lowest BCUT2D eigenvalue weighted by molar-refractivity contribution is -0.134. The summed E-state index contributed by atoms with van der Waals surface area (Å²) in [4.78, 5) is 29.6. The van der Waals surface area contributed by atoms with Crippen molar-refractivity contribution in [1.29, 1.82) is 0 Å². The molecule has 1 saturated carbocycles. The highest BCUT2D eigenvalue weighted by molar-refractivity contribution is 5.99. The maximum Gasteiger partial charge on any atom is 0.228 e. The molecule has 1 aliphatic carbocycles. The number of nitrogens with zero attached hydrogens (tertiary/aromatic N) is 2. The maximum absolute atomic E-state index is 12.8. The molecule has 1 aliphatic heterocycles. The molecule has 2 aliphatic rings. The van der Waals surface area contributed by atoms with Gasteiger partial charge >= 0.3 is 0 Å². The van der Waals surface area contributed by atoms with Gasteiger partial charge in [-0.2, -0.15) is 0 Å². The molecule has 0 radical (unpaired) electrons. The fraction of sp³-hybridized carbons (Fsp3) is 0.417. The predicted octanol–water partition coefficient (Wildman–Crippen LogP) is 3.48. The summed E-state index contributed by atoms with van der Waals surface area (Å²) in [7, 11) is 0. The predicted molar refractivity (Wildman–Crippen MR) is 116 cm³/mol. The van der Waals surface area contributed by atoms with E-state index < -0.39 is 0 Å². The lowest BCUT2D eigenvalue weighted by Gasteiger charge is -2.36. The molecule has 5 heteroatoms. The number of nitrogens with one attached hydrogen (secondary N) is 1. The van der Waals surface area contributed by atoms with Crippen LogP contribution in [0.4, 0.5) is 11.4 Å². The molecule has 152 valence electrons. The minimum absolute atomic E-state index is 0.0361. The summed E-state index contributed by atoms with van der Waals surface area (Å²) in [5.41, 5.74) is 4.51. The van der Waals surface area contributed by atoms with Crippen LogP contribution in [0.2, 0.25) is 0 Å². The minimum Gasteiger partial charge on any atom is -0.368 e. The van der Waals surface area contributed by atoms with Gasteiger partial charge in [-0.15, -0.1) is 0 Å². The first-order valence-corrected chi connectivity index (χ1v) is 10.6. The van der Waals surface area contributed by atoms with Crippen LogP contribution in [0.3, 0.4) is 0 Å². The smallest absolute Gasteiger partial charge is 0.228 e. The second-order valence-electron chi connectivity index (χ2n) is 8.14. The average molecular weight is 392 g/mol. The van der Waals surface area contributed by atoms with Crippen LogP contribution in [0.15, 0.2) is 48.5 Å². The number of hydrogen-bond donors (Lipinski definition) is 1. The molecule has 1 heterocycles. The van der Waals surface area contributed by atoms with Gasteiger partial charge in [0.1, 0.15) is 0 Å². The third-order valence-electron chi connectivity index (χ3n) is 6.03. The Balaban J connectivity index is 1.27. The van der Waals surface area contributed by atoms with Gasteiger partial charge in [-0.3, -0.25) is 9.59 Å². The van der Waals surface area contributed by atoms with Crippen molar-refractivity contribution in [3.63, 3.8) is 0 Å². The number of carbonyl (C=O) groups excluding carboxylic acids is 2.